The maximum Gasteiger partial charge on any atom is 0.251 e. The molecule has 3 rings (SSSR count). The molecule has 3 heteroatoms. The number of aryl methyl sites for hydroxylation is 2. The predicted octanol–water partition coefficient (Wildman–Crippen LogP) is 4.12. The number of pyridine rings is 1. The average Bonchev–Trinajstić information content (AvgIpc) is 2.53. The number of carbonyl (C=O) groups is 1. The van der Waals surface area contributed by atoms with Gasteiger partial charge < -0.3 is 5.73 Å². The minimum atomic E-state index is -0.454. The van der Waals surface area contributed by atoms with Crippen LogP contribution in [0, 0.1) is 13.8 Å². The topological polar surface area (TPSA) is 56.0 Å². The van der Waals surface area contributed by atoms with E-state index in [9.17, 15) is 4.79 Å². The highest BCUT2D eigenvalue weighted by atomic mass is 16.1. The number of primary amides is 1. The second kappa shape index (κ2) is 6.05. The Balaban J connectivity index is 2.19. The molecule has 0 unspecified atom stereocenters. The summed E-state index contributed by atoms with van der Waals surface area (Å²) >= 11 is 0. The number of amides is 1. The van der Waals surface area contributed by atoms with Crippen molar-refractivity contribution in [3.05, 3.63) is 76.5 Å². The molecule has 2 aromatic carbocycles. The third kappa shape index (κ3) is 2.99. The number of carbonyl (C=O) groups excluding carboxylic acids is 1. The number of para-hydroxylation sites is 1. The number of hydrogen-bond donors (Lipinski definition) is 1. The Bertz CT molecular complexity index is 909. The predicted molar refractivity (Wildman–Crippen MR) is 95.1 cm³/mol. The molecule has 23 heavy (non-hydrogen) atoms. The minimum Gasteiger partial charge on any atom is -0.366 e. The first-order valence-corrected chi connectivity index (χ1v) is 7.50. The van der Waals surface area contributed by atoms with Crippen molar-refractivity contribution < 1.29 is 4.79 Å². The van der Waals surface area contributed by atoms with Gasteiger partial charge in [0.15, 0.2) is 0 Å². The van der Waals surface area contributed by atoms with Gasteiger partial charge in [0.25, 0.3) is 5.91 Å². The third-order valence-corrected chi connectivity index (χ3v) is 3.88. The fraction of sp³-hybridized carbons (Fsp3) is 0.100. The van der Waals surface area contributed by atoms with E-state index < -0.39 is 5.91 Å². The van der Waals surface area contributed by atoms with Crippen molar-refractivity contribution in [3.63, 3.8) is 0 Å². The van der Waals surface area contributed by atoms with Crippen LogP contribution >= 0.6 is 0 Å². The number of fused-ring (bicyclic) bond motifs is 1. The van der Waals surface area contributed by atoms with E-state index in [1.807, 2.05) is 55.5 Å². The van der Waals surface area contributed by atoms with Crippen molar-refractivity contribution in [1.29, 1.82) is 0 Å². The fourth-order valence-electron chi connectivity index (χ4n) is 2.71. The highest BCUT2D eigenvalue weighted by Gasteiger charge is 2.14. The van der Waals surface area contributed by atoms with E-state index in [1.54, 1.807) is 0 Å². The first-order chi connectivity index (χ1) is 11.1. The maximum absolute atomic E-state index is 11.9. The Kier molecular flexibility index (Phi) is 3.94. The Hall–Kier alpha value is -2.94. The largest absolute Gasteiger partial charge is 0.366 e. The van der Waals surface area contributed by atoms with Crippen molar-refractivity contribution in [2.75, 3.05) is 0 Å². The Morgan fingerprint density at radius 2 is 1.70 bits per heavy atom. The summed E-state index contributed by atoms with van der Waals surface area (Å²) in [5.74, 6) is -0.454. The molecular formula is C20H18N2O. The number of benzene rings is 2. The average molecular weight is 302 g/mol. The lowest BCUT2D eigenvalue weighted by Crippen LogP contribution is -2.15. The molecule has 0 spiro atoms. The van der Waals surface area contributed by atoms with Crippen molar-refractivity contribution in [1.82, 2.24) is 4.98 Å². The van der Waals surface area contributed by atoms with Gasteiger partial charge in [0.05, 0.1) is 16.8 Å². The minimum absolute atomic E-state index is 0.454. The van der Waals surface area contributed by atoms with Crippen LogP contribution in [0.25, 0.3) is 23.1 Å². The molecule has 2 N–H and O–H groups in total. The molecule has 114 valence electrons. The van der Waals surface area contributed by atoms with Gasteiger partial charge in [-0.1, -0.05) is 60.2 Å². The lowest BCUT2D eigenvalue weighted by molar-refractivity contribution is 0.0999. The molecule has 1 amide bonds. The number of hydrogen-bond acceptors (Lipinski definition) is 2. The zero-order chi connectivity index (χ0) is 16.4. The highest BCUT2D eigenvalue weighted by Crippen LogP contribution is 2.25. The SMILES string of the molecule is Cc1ccc(/C=C/c2c(C(N)=O)c(C)nc3ccccc23)cc1. The van der Waals surface area contributed by atoms with Gasteiger partial charge in [-0.05, 0) is 31.0 Å². The van der Waals surface area contributed by atoms with Gasteiger partial charge in [-0.15, -0.1) is 0 Å². The van der Waals surface area contributed by atoms with Crippen LogP contribution in [0.5, 0.6) is 0 Å². The molecule has 0 saturated heterocycles. The maximum atomic E-state index is 11.9. The van der Waals surface area contributed by atoms with Gasteiger partial charge in [0, 0.05) is 5.39 Å². The molecular weight excluding hydrogens is 284 g/mol. The summed E-state index contributed by atoms with van der Waals surface area (Å²) in [6.07, 6.45) is 3.94. The molecule has 0 aliphatic rings. The van der Waals surface area contributed by atoms with Gasteiger partial charge >= 0.3 is 0 Å². The summed E-state index contributed by atoms with van der Waals surface area (Å²) in [4.78, 5) is 16.4. The van der Waals surface area contributed by atoms with Crippen LogP contribution in [0.4, 0.5) is 0 Å². The van der Waals surface area contributed by atoms with Gasteiger partial charge in [-0.3, -0.25) is 9.78 Å². The van der Waals surface area contributed by atoms with E-state index >= 15 is 0 Å². The van der Waals surface area contributed by atoms with Crippen LogP contribution in [0.2, 0.25) is 0 Å². The van der Waals surface area contributed by atoms with E-state index in [1.165, 1.54) is 5.56 Å². The van der Waals surface area contributed by atoms with E-state index in [-0.39, 0.29) is 0 Å². The normalized spacial score (nSPS) is 11.2. The Morgan fingerprint density at radius 3 is 2.39 bits per heavy atom. The van der Waals surface area contributed by atoms with E-state index in [0.717, 1.165) is 22.0 Å². The van der Waals surface area contributed by atoms with Crippen LogP contribution in [-0.2, 0) is 0 Å². The standard InChI is InChI=1S/C20H18N2O/c1-13-7-9-15(10-8-13)11-12-17-16-5-3-4-6-18(16)22-14(2)19(17)20(21)23/h3-12H,1-2H3,(H2,21,23)/b12-11+. The highest BCUT2D eigenvalue weighted by molar-refractivity contribution is 6.05. The van der Waals surface area contributed by atoms with Gasteiger partial charge in [-0.25, -0.2) is 0 Å². The molecule has 0 radical (unpaired) electrons. The summed E-state index contributed by atoms with van der Waals surface area (Å²) in [6, 6.07) is 16.0. The molecule has 0 bridgehead atoms. The van der Waals surface area contributed by atoms with Crippen LogP contribution in [0.15, 0.2) is 48.5 Å². The quantitative estimate of drug-likeness (QED) is 0.791. The Labute approximate surface area is 135 Å². The lowest BCUT2D eigenvalue weighted by atomic mass is 9.99. The number of rotatable bonds is 3. The summed E-state index contributed by atoms with van der Waals surface area (Å²) in [5, 5.41) is 0.926. The van der Waals surface area contributed by atoms with Crippen LogP contribution in [-0.4, -0.2) is 10.9 Å². The Morgan fingerprint density at radius 1 is 1.00 bits per heavy atom. The van der Waals surface area contributed by atoms with Gasteiger partial charge in [-0.2, -0.15) is 0 Å². The van der Waals surface area contributed by atoms with Crippen molar-refractivity contribution >= 4 is 29.0 Å². The van der Waals surface area contributed by atoms with Gasteiger partial charge in [0.2, 0.25) is 0 Å². The lowest BCUT2D eigenvalue weighted by Gasteiger charge is -2.10. The third-order valence-electron chi connectivity index (χ3n) is 3.88. The first-order valence-electron chi connectivity index (χ1n) is 7.50. The summed E-state index contributed by atoms with van der Waals surface area (Å²) in [5.41, 5.74) is 10.7. The van der Waals surface area contributed by atoms with Crippen LogP contribution in [0.3, 0.4) is 0 Å². The molecule has 0 aliphatic heterocycles. The van der Waals surface area contributed by atoms with E-state index in [2.05, 4.69) is 24.0 Å². The van der Waals surface area contributed by atoms with Crippen LogP contribution < -0.4 is 5.73 Å². The summed E-state index contributed by atoms with van der Waals surface area (Å²) in [6.45, 7) is 3.87. The van der Waals surface area contributed by atoms with Gasteiger partial charge in [0.1, 0.15) is 0 Å². The van der Waals surface area contributed by atoms with Crippen molar-refractivity contribution in [2.45, 2.75) is 13.8 Å². The summed E-state index contributed by atoms with van der Waals surface area (Å²) < 4.78 is 0. The summed E-state index contributed by atoms with van der Waals surface area (Å²) in [7, 11) is 0. The number of nitrogens with two attached hydrogens (primary N) is 1. The second-order valence-electron chi connectivity index (χ2n) is 5.61. The molecule has 0 saturated carbocycles. The number of nitrogens with zero attached hydrogens (tertiary/aromatic N) is 1. The second-order valence-corrected chi connectivity index (χ2v) is 5.61. The van der Waals surface area contributed by atoms with Crippen LogP contribution in [0.1, 0.15) is 32.7 Å². The van der Waals surface area contributed by atoms with E-state index in [4.69, 9.17) is 5.73 Å². The zero-order valence-corrected chi connectivity index (χ0v) is 13.2. The first kappa shape index (κ1) is 15.0. The molecule has 1 heterocycles. The smallest absolute Gasteiger partial charge is 0.251 e. The molecule has 1 aromatic heterocycles. The molecule has 0 atom stereocenters. The zero-order valence-electron chi connectivity index (χ0n) is 13.2. The fourth-order valence-corrected chi connectivity index (χ4v) is 2.71. The molecule has 0 fully saturated rings. The van der Waals surface area contributed by atoms with Crippen molar-refractivity contribution in [2.24, 2.45) is 5.73 Å². The van der Waals surface area contributed by atoms with Crippen molar-refractivity contribution in [3.8, 4) is 0 Å². The molecule has 3 nitrogen and oxygen atoms in total. The monoisotopic (exact) mass is 302 g/mol. The molecule has 3 aromatic rings. The molecule has 0 aliphatic carbocycles. The van der Waals surface area contributed by atoms with E-state index in [0.29, 0.717) is 11.3 Å². The number of aromatic nitrogens is 1.